The van der Waals surface area contributed by atoms with Gasteiger partial charge >= 0.3 is 19.3 Å². The van der Waals surface area contributed by atoms with Gasteiger partial charge in [-0.3, -0.25) is 13.9 Å². The topological polar surface area (TPSA) is 152 Å². The minimum absolute atomic E-state index is 0.121. The van der Waals surface area contributed by atoms with E-state index in [9.17, 15) is 28.0 Å². The second-order valence-corrected chi connectivity index (χ2v) is 12.3. The van der Waals surface area contributed by atoms with Crippen LogP contribution in [0.5, 0.6) is 5.75 Å². The van der Waals surface area contributed by atoms with Gasteiger partial charge in [-0.15, -0.1) is 0 Å². The first kappa shape index (κ1) is 31.6. The highest BCUT2D eigenvalue weighted by molar-refractivity contribution is 7.54. The van der Waals surface area contributed by atoms with Crippen molar-refractivity contribution in [3.8, 4) is 5.75 Å². The van der Waals surface area contributed by atoms with Gasteiger partial charge in [0, 0.05) is 0 Å². The van der Waals surface area contributed by atoms with Gasteiger partial charge in [-0.25, -0.2) is 22.5 Å². The van der Waals surface area contributed by atoms with Gasteiger partial charge in [0.15, 0.2) is 17.9 Å². The number of carbonyl (C=O) groups excluding carboxylic acids is 1. The molecule has 0 radical (unpaired) electrons. The Morgan fingerprint density at radius 1 is 1.30 bits per heavy atom. The Bertz CT molecular complexity index is 1310. The third-order valence-corrected chi connectivity index (χ3v) is 8.39. The lowest BCUT2D eigenvalue weighted by atomic mass is 9.89. The molecule has 1 aliphatic rings. The van der Waals surface area contributed by atoms with Crippen molar-refractivity contribution in [1.82, 2.24) is 9.55 Å². The number of alkyl halides is 2. The van der Waals surface area contributed by atoms with Crippen LogP contribution in [0.4, 0.5) is 19.0 Å². The maximum Gasteiger partial charge on any atom is 0.380 e. The van der Waals surface area contributed by atoms with Crippen LogP contribution in [-0.4, -0.2) is 63.0 Å². The molecule has 0 saturated carbocycles. The Balaban J connectivity index is 1.97. The van der Waals surface area contributed by atoms with Crippen LogP contribution >= 0.6 is 7.60 Å². The molecule has 3 rings (SSSR count). The van der Waals surface area contributed by atoms with Gasteiger partial charge in [-0.05, 0) is 39.8 Å². The molecule has 2 aromatic rings. The van der Waals surface area contributed by atoms with Crippen LogP contribution in [0.25, 0.3) is 0 Å². The number of rotatable bonds is 11. The molecule has 6 atom stereocenters. The van der Waals surface area contributed by atoms with Gasteiger partial charge in [0.05, 0.1) is 24.4 Å². The number of nitrogen functional groups attached to an aromatic ring is 1. The molecule has 0 spiro atoms. The van der Waals surface area contributed by atoms with Crippen LogP contribution in [-0.2, 0) is 23.4 Å². The number of aromatic nitrogens is 2. The van der Waals surface area contributed by atoms with E-state index >= 15 is 4.39 Å². The predicted octanol–water partition coefficient (Wildman–Crippen LogP) is 3.56. The largest absolute Gasteiger partial charge is 0.463 e. The zero-order valence-corrected chi connectivity index (χ0v) is 23.5. The smallest absolute Gasteiger partial charge is 0.380 e. The molecular weight excluding hydrogens is 558 g/mol. The number of hydrogen-bond acceptors (Lipinski definition) is 10. The average Bonchev–Trinajstić information content (AvgIpc) is 3.12. The highest BCUT2D eigenvalue weighted by Crippen LogP contribution is 2.56. The Hall–Kier alpha value is -2.93. The maximum absolute atomic E-state index is 15.9. The number of ether oxygens (including phenoxy) is 2. The molecule has 0 amide bonds. The summed E-state index contributed by atoms with van der Waals surface area (Å²) in [6, 6.07) is 7.87. The van der Waals surface area contributed by atoms with Gasteiger partial charge in [0.25, 0.3) is 0 Å². The number of nitrogens with zero attached hydrogens (tertiary/aromatic N) is 2. The molecule has 1 aromatic carbocycles. The highest BCUT2D eigenvalue weighted by Gasteiger charge is 2.63. The molecule has 11 nitrogen and oxygen atoms in total. The van der Waals surface area contributed by atoms with E-state index in [2.05, 4.69) is 4.98 Å². The van der Waals surface area contributed by atoms with Crippen LogP contribution in [0.15, 0.2) is 41.3 Å². The second kappa shape index (κ2) is 11.9. The Morgan fingerprint density at radius 2 is 1.93 bits per heavy atom. The fourth-order valence-corrected chi connectivity index (χ4v) is 6.51. The quantitative estimate of drug-likeness (QED) is 0.293. The Kier molecular flexibility index (Phi) is 9.40. The number of aliphatic hydroxyl groups is 1. The van der Waals surface area contributed by atoms with E-state index in [-0.39, 0.29) is 5.75 Å². The summed E-state index contributed by atoms with van der Waals surface area (Å²) in [5.41, 5.74) is -1.14. The maximum atomic E-state index is 15.9. The summed E-state index contributed by atoms with van der Waals surface area (Å²) in [7, 11) is -4.33. The molecule has 0 bridgehead atoms. The van der Waals surface area contributed by atoms with E-state index in [1.807, 2.05) is 0 Å². The summed E-state index contributed by atoms with van der Waals surface area (Å²) < 4.78 is 80.8. The third-order valence-electron chi connectivity index (χ3n) is 6.16. The highest BCUT2D eigenvalue weighted by atomic mass is 31.2. The molecule has 1 aromatic heterocycles. The first-order valence-corrected chi connectivity index (χ1v) is 14.1. The van der Waals surface area contributed by atoms with E-state index in [0.717, 1.165) is 0 Å². The number of para-hydroxylation sites is 1. The van der Waals surface area contributed by atoms with Gasteiger partial charge < -0.3 is 24.8 Å². The number of carbonyl (C=O) groups is 1. The molecule has 0 aliphatic carbocycles. The van der Waals surface area contributed by atoms with E-state index < -0.39 is 85.5 Å². The summed E-state index contributed by atoms with van der Waals surface area (Å²) in [6.07, 6.45) is -6.71. The minimum Gasteiger partial charge on any atom is -0.463 e. The van der Waals surface area contributed by atoms with Gasteiger partial charge in [0.2, 0.25) is 5.67 Å². The van der Waals surface area contributed by atoms with Crippen LogP contribution < -0.4 is 15.9 Å². The van der Waals surface area contributed by atoms with E-state index in [0.29, 0.717) is 10.8 Å². The fourth-order valence-electron chi connectivity index (χ4n) is 4.24. The van der Waals surface area contributed by atoms with E-state index in [4.69, 9.17) is 24.3 Å². The monoisotopic (exact) mass is 591 g/mol. The third kappa shape index (κ3) is 6.68. The molecule has 40 heavy (non-hydrogen) atoms. The SMILES string of the molecule is CC(C)OC(=O)[C@H](C)C[P@](=O)(Oc1ccccc1)OC(C)(C)[C@H]1O[C@@H](n2cc(F)c(N)nc2=O)C(F)(CF)[C@H]1O. The number of aliphatic hydroxyl groups excluding tert-OH is 1. The summed E-state index contributed by atoms with van der Waals surface area (Å²) in [4.78, 5) is 28.1. The summed E-state index contributed by atoms with van der Waals surface area (Å²) in [5, 5.41) is 10.9. The Morgan fingerprint density at radius 3 is 2.50 bits per heavy atom. The standard InChI is InChI=1S/C25H33F3N3O8P/c1-14(2)36-21(33)15(3)12-40(35,38-16-9-7-6-8-10-16)39-24(4,5)19-18(32)25(28,13-26)22(37-19)31-11-17(27)20(29)30-23(31)34/h6-11,14-15,18-19,22,32H,12-13H2,1-5H3,(H2,29,30,34)/t15-,18+,19+,22-,25?,40+/m1/s1. The van der Waals surface area contributed by atoms with Crippen molar-refractivity contribution in [2.24, 2.45) is 5.92 Å². The number of benzene rings is 1. The molecule has 1 fully saturated rings. The van der Waals surface area contributed by atoms with Crippen LogP contribution in [0.2, 0.25) is 0 Å². The van der Waals surface area contributed by atoms with Crippen molar-refractivity contribution in [3.63, 3.8) is 0 Å². The molecule has 1 aliphatic heterocycles. The first-order valence-electron chi connectivity index (χ1n) is 12.4. The average molecular weight is 592 g/mol. The summed E-state index contributed by atoms with van der Waals surface area (Å²) in [5.74, 6) is -3.52. The van der Waals surface area contributed by atoms with Crippen molar-refractivity contribution in [2.45, 2.75) is 70.4 Å². The lowest BCUT2D eigenvalue weighted by Crippen LogP contribution is -2.51. The molecular formula is C25H33F3N3O8P. The Labute approximate surface area is 228 Å². The molecule has 1 unspecified atom stereocenters. The van der Waals surface area contributed by atoms with Gasteiger partial charge in [-0.1, -0.05) is 25.1 Å². The van der Waals surface area contributed by atoms with Gasteiger partial charge in [0.1, 0.15) is 30.2 Å². The van der Waals surface area contributed by atoms with Crippen LogP contribution in [0.1, 0.15) is 40.8 Å². The number of nitrogens with two attached hydrogens (primary N) is 1. The summed E-state index contributed by atoms with van der Waals surface area (Å²) >= 11 is 0. The second-order valence-electron chi connectivity index (χ2n) is 10.4. The van der Waals surface area contributed by atoms with Crippen LogP contribution in [0, 0.1) is 11.7 Å². The number of esters is 1. The van der Waals surface area contributed by atoms with Crippen molar-refractivity contribution in [3.05, 3.63) is 52.8 Å². The van der Waals surface area contributed by atoms with E-state index in [1.54, 1.807) is 32.0 Å². The van der Waals surface area contributed by atoms with Gasteiger partial charge in [-0.2, -0.15) is 4.98 Å². The number of halogens is 3. The van der Waals surface area contributed by atoms with Crippen molar-refractivity contribution < 1.29 is 46.2 Å². The number of anilines is 1. The lowest BCUT2D eigenvalue weighted by Gasteiger charge is -2.36. The fraction of sp³-hybridized carbons (Fsp3) is 0.560. The lowest BCUT2D eigenvalue weighted by molar-refractivity contribution is -0.151. The number of hydrogen-bond donors (Lipinski definition) is 2. The predicted molar refractivity (Wildman–Crippen MR) is 138 cm³/mol. The summed E-state index contributed by atoms with van der Waals surface area (Å²) in [6.45, 7) is 5.42. The minimum atomic E-state index is -4.33. The molecule has 1 saturated heterocycles. The van der Waals surface area contributed by atoms with Crippen molar-refractivity contribution in [2.75, 3.05) is 18.6 Å². The first-order chi connectivity index (χ1) is 18.5. The van der Waals surface area contributed by atoms with E-state index in [1.165, 1.54) is 32.9 Å². The van der Waals surface area contributed by atoms with Crippen LogP contribution in [0.3, 0.4) is 0 Å². The zero-order chi connectivity index (χ0) is 30.0. The molecule has 2 heterocycles. The normalized spacial score (nSPS) is 25.4. The molecule has 15 heteroatoms. The molecule has 3 N–H and O–H groups in total. The van der Waals surface area contributed by atoms with Crippen molar-refractivity contribution >= 4 is 19.4 Å². The zero-order valence-electron chi connectivity index (χ0n) is 22.6. The van der Waals surface area contributed by atoms with Crippen molar-refractivity contribution in [1.29, 1.82) is 0 Å². The molecule has 222 valence electrons.